The van der Waals surface area contributed by atoms with Gasteiger partial charge < -0.3 is 9.64 Å². The van der Waals surface area contributed by atoms with Crippen LogP contribution in [0.5, 0.6) is 0 Å². The van der Waals surface area contributed by atoms with Crippen LogP contribution in [-0.4, -0.2) is 35.5 Å². The highest BCUT2D eigenvalue weighted by atomic mass is 32.1. The third-order valence-electron chi connectivity index (χ3n) is 5.84. The number of hydrogen-bond acceptors (Lipinski definition) is 5. The van der Waals surface area contributed by atoms with Gasteiger partial charge in [0, 0.05) is 29.9 Å². The van der Waals surface area contributed by atoms with Gasteiger partial charge in [-0.15, -0.1) is 10.2 Å². The predicted octanol–water partition coefficient (Wildman–Crippen LogP) is 7.49. The van der Waals surface area contributed by atoms with Crippen molar-refractivity contribution in [3.05, 3.63) is 78.4 Å². The molecule has 0 amide bonds. The first-order valence-electron chi connectivity index (χ1n) is 12.1. The van der Waals surface area contributed by atoms with Crippen molar-refractivity contribution in [2.75, 3.05) is 18.0 Å². The van der Waals surface area contributed by atoms with E-state index in [2.05, 4.69) is 109 Å². The maximum Gasteiger partial charge on any atom is 0.148 e. The predicted molar refractivity (Wildman–Crippen MR) is 145 cm³/mol. The molecule has 0 bridgehead atoms. The highest BCUT2D eigenvalue weighted by molar-refractivity contribution is 7.17. The van der Waals surface area contributed by atoms with Crippen molar-refractivity contribution in [3.8, 4) is 32.3 Å². The van der Waals surface area contributed by atoms with E-state index in [1.54, 1.807) is 11.3 Å². The number of ether oxygens (including phenoxy) is 1. The van der Waals surface area contributed by atoms with Crippen LogP contribution in [-0.2, 0) is 4.74 Å². The van der Waals surface area contributed by atoms with Gasteiger partial charge in [0.2, 0.25) is 0 Å². The lowest BCUT2D eigenvalue weighted by Gasteiger charge is -2.36. The Bertz CT molecular complexity index is 1170. The van der Waals surface area contributed by atoms with Crippen LogP contribution in [0.4, 0.5) is 5.69 Å². The van der Waals surface area contributed by atoms with Crippen LogP contribution in [0.3, 0.4) is 0 Å². The van der Waals surface area contributed by atoms with E-state index in [1.165, 1.54) is 22.4 Å². The molecule has 1 saturated heterocycles. The lowest BCUT2D eigenvalue weighted by atomic mass is 10.0. The Morgan fingerprint density at radius 1 is 0.676 bits per heavy atom. The van der Waals surface area contributed by atoms with Gasteiger partial charge in [0.05, 0.1) is 12.2 Å². The molecule has 176 valence electrons. The summed E-state index contributed by atoms with van der Waals surface area (Å²) < 4.78 is 5.86. The van der Waals surface area contributed by atoms with Crippen molar-refractivity contribution < 1.29 is 4.74 Å². The summed E-state index contributed by atoms with van der Waals surface area (Å²) in [4.78, 5) is 2.41. The molecule has 2 atom stereocenters. The van der Waals surface area contributed by atoms with Crippen molar-refractivity contribution >= 4 is 17.0 Å². The summed E-state index contributed by atoms with van der Waals surface area (Å²) >= 11 is 1.63. The van der Waals surface area contributed by atoms with Gasteiger partial charge in [-0.1, -0.05) is 91.4 Å². The largest absolute Gasteiger partial charge is 0.372 e. The molecule has 1 fully saturated rings. The molecule has 1 aliphatic heterocycles. The summed E-state index contributed by atoms with van der Waals surface area (Å²) in [7, 11) is 0. The molecular formula is C29H33N3OS. The lowest BCUT2D eigenvalue weighted by molar-refractivity contribution is -0.00521. The summed E-state index contributed by atoms with van der Waals surface area (Å²) in [6.45, 7) is 12.2. The first-order valence-corrected chi connectivity index (χ1v) is 12.9. The Morgan fingerprint density at radius 2 is 1.09 bits per heavy atom. The second-order valence-electron chi connectivity index (χ2n) is 8.56. The molecule has 0 unspecified atom stereocenters. The van der Waals surface area contributed by atoms with Crippen molar-refractivity contribution in [1.82, 2.24) is 10.2 Å². The fourth-order valence-electron chi connectivity index (χ4n) is 4.21. The Labute approximate surface area is 207 Å². The van der Waals surface area contributed by atoms with Crippen molar-refractivity contribution in [1.29, 1.82) is 0 Å². The number of rotatable bonds is 4. The quantitative estimate of drug-likeness (QED) is 0.309. The SMILES string of the molecule is CC.Cc1ccc(-c2nnc(-c3ccc(-c4ccc(N5C[C@@H](C)O[C@@H](C)C5)cc4)cc3)s2)cc1. The molecule has 0 N–H and O–H groups in total. The summed E-state index contributed by atoms with van der Waals surface area (Å²) in [6.07, 6.45) is 0.524. The Kier molecular flexibility index (Phi) is 7.76. The topological polar surface area (TPSA) is 38.2 Å². The molecule has 4 aromatic rings. The number of aryl methyl sites for hydroxylation is 1. The molecule has 5 rings (SSSR count). The molecule has 1 aromatic heterocycles. The van der Waals surface area contributed by atoms with E-state index in [1.807, 2.05) is 13.8 Å². The zero-order chi connectivity index (χ0) is 24.1. The molecule has 5 heteroatoms. The average molecular weight is 472 g/mol. The standard InChI is InChI=1S/C27H27N3OS.C2H6/c1-18-4-6-23(7-5-18)26-28-29-27(32-26)24-10-8-21(9-11-24)22-12-14-25(15-13-22)30-16-19(2)31-20(3)17-30;1-2/h4-15,19-20H,16-17H2,1-3H3;1-2H3/t19-,20+;. The third-order valence-corrected chi connectivity index (χ3v) is 6.86. The van der Waals surface area contributed by atoms with Gasteiger partial charge in [0.1, 0.15) is 10.0 Å². The van der Waals surface area contributed by atoms with E-state index >= 15 is 0 Å². The monoisotopic (exact) mass is 471 g/mol. The van der Waals surface area contributed by atoms with Crippen molar-refractivity contribution in [2.45, 2.75) is 46.8 Å². The third kappa shape index (κ3) is 5.54. The molecule has 1 aliphatic rings. The summed E-state index contributed by atoms with van der Waals surface area (Å²) in [5.41, 5.74) is 7.12. The van der Waals surface area contributed by atoms with Gasteiger partial charge >= 0.3 is 0 Å². The van der Waals surface area contributed by atoms with E-state index in [0.29, 0.717) is 0 Å². The van der Waals surface area contributed by atoms with Crippen LogP contribution >= 0.6 is 11.3 Å². The van der Waals surface area contributed by atoms with Crippen LogP contribution in [0.25, 0.3) is 32.3 Å². The molecule has 0 radical (unpaired) electrons. The minimum atomic E-state index is 0.262. The smallest absolute Gasteiger partial charge is 0.148 e. The first-order chi connectivity index (χ1) is 16.5. The summed E-state index contributed by atoms with van der Waals surface area (Å²) in [6, 6.07) is 25.8. The van der Waals surface area contributed by atoms with Gasteiger partial charge in [-0.05, 0) is 44.0 Å². The van der Waals surface area contributed by atoms with Gasteiger partial charge in [-0.3, -0.25) is 0 Å². The van der Waals surface area contributed by atoms with Gasteiger partial charge in [-0.2, -0.15) is 0 Å². The second kappa shape index (κ2) is 10.9. The van der Waals surface area contributed by atoms with Gasteiger partial charge in [-0.25, -0.2) is 0 Å². The molecule has 0 saturated carbocycles. The zero-order valence-electron chi connectivity index (χ0n) is 20.7. The second-order valence-corrected chi connectivity index (χ2v) is 9.54. The maximum absolute atomic E-state index is 5.86. The number of hydrogen-bond donors (Lipinski definition) is 0. The Morgan fingerprint density at radius 3 is 1.59 bits per heavy atom. The van der Waals surface area contributed by atoms with Crippen LogP contribution in [0, 0.1) is 6.92 Å². The lowest BCUT2D eigenvalue weighted by Crippen LogP contribution is -2.45. The van der Waals surface area contributed by atoms with Crippen molar-refractivity contribution in [3.63, 3.8) is 0 Å². The number of aromatic nitrogens is 2. The highest BCUT2D eigenvalue weighted by Crippen LogP contribution is 2.32. The van der Waals surface area contributed by atoms with E-state index in [4.69, 9.17) is 4.74 Å². The first kappa shape index (κ1) is 24.1. The van der Waals surface area contributed by atoms with Gasteiger partial charge in [0.15, 0.2) is 0 Å². The number of nitrogens with zero attached hydrogens (tertiary/aromatic N) is 3. The Hall–Kier alpha value is -3.02. The molecule has 3 aromatic carbocycles. The minimum absolute atomic E-state index is 0.262. The number of morpholine rings is 1. The zero-order valence-corrected chi connectivity index (χ0v) is 21.5. The molecule has 4 nitrogen and oxygen atoms in total. The van der Waals surface area contributed by atoms with E-state index in [-0.39, 0.29) is 12.2 Å². The fourth-order valence-corrected chi connectivity index (χ4v) is 5.07. The summed E-state index contributed by atoms with van der Waals surface area (Å²) in [5.74, 6) is 0. The minimum Gasteiger partial charge on any atom is -0.372 e. The average Bonchev–Trinajstić information content (AvgIpc) is 3.36. The van der Waals surface area contributed by atoms with E-state index in [0.717, 1.165) is 34.2 Å². The maximum atomic E-state index is 5.86. The van der Waals surface area contributed by atoms with Crippen LogP contribution in [0.1, 0.15) is 33.3 Å². The van der Waals surface area contributed by atoms with E-state index in [9.17, 15) is 0 Å². The highest BCUT2D eigenvalue weighted by Gasteiger charge is 2.22. The Balaban J connectivity index is 0.00000133. The van der Waals surface area contributed by atoms with E-state index < -0.39 is 0 Å². The van der Waals surface area contributed by atoms with Crippen LogP contribution < -0.4 is 4.90 Å². The number of benzene rings is 3. The molecule has 0 aliphatic carbocycles. The van der Waals surface area contributed by atoms with Crippen molar-refractivity contribution in [2.24, 2.45) is 0 Å². The fraction of sp³-hybridized carbons (Fsp3) is 0.310. The molecule has 34 heavy (non-hydrogen) atoms. The molecule has 0 spiro atoms. The molecule has 2 heterocycles. The molecular weight excluding hydrogens is 438 g/mol. The van der Waals surface area contributed by atoms with Crippen LogP contribution in [0.15, 0.2) is 72.8 Å². The summed E-state index contributed by atoms with van der Waals surface area (Å²) in [5, 5.41) is 10.7. The normalized spacial score (nSPS) is 17.7. The van der Waals surface area contributed by atoms with Crippen LogP contribution in [0.2, 0.25) is 0 Å². The number of anilines is 1. The van der Waals surface area contributed by atoms with Gasteiger partial charge in [0.25, 0.3) is 0 Å².